The molecular formula is C16H19N5O2. The molecule has 1 atom stereocenters. The average Bonchev–Trinajstić information content (AvgIpc) is 2.55. The van der Waals surface area contributed by atoms with Gasteiger partial charge in [-0.1, -0.05) is 12.1 Å². The van der Waals surface area contributed by atoms with Gasteiger partial charge in [0, 0.05) is 42.3 Å². The van der Waals surface area contributed by atoms with Gasteiger partial charge in [0.1, 0.15) is 0 Å². The molecule has 2 aromatic rings. The molecule has 1 saturated heterocycles. The lowest BCUT2D eigenvalue weighted by atomic mass is 10.1. The standard InChI is InChI=1S/C16H19N5O2/c17-15(22)21-8-2-4-12(10-21)19-16(23)20-14-5-1-3-11-9-18-7-6-13(11)14/h1,3,5-7,9,12H,2,4,8,10H2,(H2,17,22)(H2,19,20,23)/t12-/m1/s1. The number of aromatic nitrogens is 1. The van der Waals surface area contributed by atoms with E-state index in [1.54, 1.807) is 17.3 Å². The van der Waals surface area contributed by atoms with Gasteiger partial charge in [0.15, 0.2) is 0 Å². The lowest BCUT2D eigenvalue weighted by Crippen LogP contribution is -2.51. The van der Waals surface area contributed by atoms with Crippen LogP contribution in [0.2, 0.25) is 0 Å². The maximum absolute atomic E-state index is 12.2. The maximum atomic E-state index is 12.2. The van der Waals surface area contributed by atoms with Gasteiger partial charge in [-0.3, -0.25) is 4.98 Å². The van der Waals surface area contributed by atoms with Gasteiger partial charge >= 0.3 is 12.1 Å². The highest BCUT2D eigenvalue weighted by Gasteiger charge is 2.23. The highest BCUT2D eigenvalue weighted by molar-refractivity contribution is 6.01. The number of primary amides is 1. The van der Waals surface area contributed by atoms with Crippen molar-refractivity contribution in [2.45, 2.75) is 18.9 Å². The summed E-state index contributed by atoms with van der Waals surface area (Å²) >= 11 is 0. The number of likely N-dealkylation sites (tertiary alicyclic amines) is 1. The van der Waals surface area contributed by atoms with E-state index in [0.717, 1.165) is 29.3 Å². The van der Waals surface area contributed by atoms with Crippen molar-refractivity contribution in [1.29, 1.82) is 0 Å². The highest BCUT2D eigenvalue weighted by atomic mass is 16.2. The van der Waals surface area contributed by atoms with E-state index in [-0.39, 0.29) is 12.1 Å². The number of hydrogen-bond acceptors (Lipinski definition) is 3. The number of urea groups is 2. The van der Waals surface area contributed by atoms with Crippen LogP contribution in [0, 0.1) is 0 Å². The number of carbonyl (C=O) groups is 2. The van der Waals surface area contributed by atoms with E-state index in [9.17, 15) is 9.59 Å². The maximum Gasteiger partial charge on any atom is 0.319 e. The van der Waals surface area contributed by atoms with Crippen LogP contribution in [-0.4, -0.2) is 41.1 Å². The quantitative estimate of drug-likeness (QED) is 0.789. The molecule has 0 spiro atoms. The largest absolute Gasteiger partial charge is 0.351 e. The van der Waals surface area contributed by atoms with Crippen molar-refractivity contribution in [3.05, 3.63) is 36.7 Å². The van der Waals surface area contributed by atoms with E-state index in [1.807, 2.05) is 24.3 Å². The van der Waals surface area contributed by atoms with Gasteiger partial charge < -0.3 is 21.3 Å². The van der Waals surface area contributed by atoms with E-state index >= 15 is 0 Å². The molecule has 0 unspecified atom stereocenters. The lowest BCUT2D eigenvalue weighted by Gasteiger charge is -2.31. The Morgan fingerprint density at radius 1 is 1.30 bits per heavy atom. The Hall–Kier alpha value is -2.83. The highest BCUT2D eigenvalue weighted by Crippen LogP contribution is 2.22. The summed E-state index contributed by atoms with van der Waals surface area (Å²) in [5.41, 5.74) is 6.03. The number of carbonyl (C=O) groups excluding carboxylic acids is 2. The molecule has 3 rings (SSSR count). The van der Waals surface area contributed by atoms with Crippen LogP contribution < -0.4 is 16.4 Å². The number of piperidine rings is 1. The molecule has 1 aliphatic rings. The van der Waals surface area contributed by atoms with E-state index in [2.05, 4.69) is 15.6 Å². The molecule has 1 aromatic carbocycles. The first kappa shape index (κ1) is 15.1. The molecule has 0 aliphatic carbocycles. The molecule has 120 valence electrons. The SMILES string of the molecule is NC(=O)N1CCC[C@@H](NC(=O)Nc2cccc3cnccc23)C1. The van der Waals surface area contributed by atoms with Gasteiger partial charge in [-0.05, 0) is 25.0 Å². The Morgan fingerprint density at radius 2 is 2.17 bits per heavy atom. The Labute approximate surface area is 133 Å². The minimum absolute atomic E-state index is 0.0899. The predicted molar refractivity (Wildman–Crippen MR) is 88.1 cm³/mol. The fourth-order valence-electron chi connectivity index (χ4n) is 2.87. The van der Waals surface area contributed by atoms with Crippen LogP contribution >= 0.6 is 0 Å². The molecule has 7 nitrogen and oxygen atoms in total. The number of amides is 4. The third-order valence-corrected chi connectivity index (χ3v) is 4.00. The predicted octanol–water partition coefficient (Wildman–Crippen LogP) is 1.90. The van der Waals surface area contributed by atoms with Crippen LogP contribution in [0.5, 0.6) is 0 Å². The number of pyridine rings is 1. The Kier molecular flexibility index (Phi) is 4.27. The van der Waals surface area contributed by atoms with Gasteiger partial charge in [0.25, 0.3) is 0 Å². The first-order valence-corrected chi connectivity index (χ1v) is 7.58. The van der Waals surface area contributed by atoms with Crippen molar-refractivity contribution >= 4 is 28.5 Å². The van der Waals surface area contributed by atoms with Crippen molar-refractivity contribution < 1.29 is 9.59 Å². The number of nitrogens with two attached hydrogens (primary N) is 1. The number of anilines is 1. The summed E-state index contributed by atoms with van der Waals surface area (Å²) in [5, 5.41) is 7.66. The molecule has 7 heteroatoms. The van der Waals surface area contributed by atoms with E-state index in [4.69, 9.17) is 5.73 Å². The number of nitrogens with one attached hydrogen (secondary N) is 2. The van der Waals surface area contributed by atoms with Crippen LogP contribution in [0.4, 0.5) is 15.3 Å². The number of hydrogen-bond donors (Lipinski definition) is 3. The van der Waals surface area contributed by atoms with Crippen molar-refractivity contribution in [2.75, 3.05) is 18.4 Å². The minimum Gasteiger partial charge on any atom is -0.351 e. The van der Waals surface area contributed by atoms with Gasteiger partial charge in [0.2, 0.25) is 0 Å². The van der Waals surface area contributed by atoms with Gasteiger partial charge in [-0.15, -0.1) is 0 Å². The molecule has 23 heavy (non-hydrogen) atoms. The Balaban J connectivity index is 1.66. The summed E-state index contributed by atoms with van der Waals surface area (Å²) in [5.74, 6) is 0. The summed E-state index contributed by atoms with van der Waals surface area (Å²) < 4.78 is 0. The smallest absolute Gasteiger partial charge is 0.319 e. The van der Waals surface area contributed by atoms with Gasteiger partial charge in [0.05, 0.1) is 5.69 Å². The number of fused-ring (bicyclic) bond motifs is 1. The van der Waals surface area contributed by atoms with Crippen molar-refractivity contribution in [3.8, 4) is 0 Å². The zero-order chi connectivity index (χ0) is 16.2. The monoisotopic (exact) mass is 313 g/mol. The molecule has 0 bridgehead atoms. The molecule has 1 fully saturated rings. The van der Waals surface area contributed by atoms with Crippen LogP contribution in [-0.2, 0) is 0 Å². The summed E-state index contributed by atoms with van der Waals surface area (Å²) in [6.07, 6.45) is 5.10. The summed E-state index contributed by atoms with van der Waals surface area (Å²) in [4.78, 5) is 29.1. The van der Waals surface area contributed by atoms with E-state index in [1.165, 1.54) is 0 Å². The molecule has 1 aliphatic heterocycles. The summed E-state index contributed by atoms with van der Waals surface area (Å²) in [7, 11) is 0. The minimum atomic E-state index is -0.446. The molecule has 2 heterocycles. The molecular weight excluding hydrogens is 294 g/mol. The van der Waals surface area contributed by atoms with Gasteiger partial charge in [-0.2, -0.15) is 0 Å². The summed E-state index contributed by atoms with van der Waals surface area (Å²) in [6.45, 7) is 1.09. The number of nitrogens with zero attached hydrogens (tertiary/aromatic N) is 2. The lowest BCUT2D eigenvalue weighted by molar-refractivity contribution is 0.181. The first-order chi connectivity index (χ1) is 11.1. The fourth-order valence-corrected chi connectivity index (χ4v) is 2.87. The summed E-state index contributed by atoms with van der Waals surface area (Å²) in [6, 6.07) is 6.70. The van der Waals surface area contributed by atoms with Crippen LogP contribution in [0.3, 0.4) is 0 Å². The normalized spacial score (nSPS) is 17.7. The molecule has 0 saturated carbocycles. The fraction of sp³-hybridized carbons (Fsp3) is 0.312. The third-order valence-electron chi connectivity index (χ3n) is 4.00. The van der Waals surface area contributed by atoms with Crippen LogP contribution in [0.25, 0.3) is 10.8 Å². The first-order valence-electron chi connectivity index (χ1n) is 7.58. The van der Waals surface area contributed by atoms with Crippen molar-refractivity contribution in [2.24, 2.45) is 5.73 Å². The van der Waals surface area contributed by atoms with Gasteiger partial charge in [-0.25, -0.2) is 9.59 Å². The molecule has 1 aromatic heterocycles. The third kappa shape index (κ3) is 3.50. The van der Waals surface area contributed by atoms with Crippen molar-refractivity contribution in [3.63, 3.8) is 0 Å². The van der Waals surface area contributed by atoms with Crippen molar-refractivity contribution in [1.82, 2.24) is 15.2 Å². The Bertz CT molecular complexity index is 728. The zero-order valence-electron chi connectivity index (χ0n) is 12.7. The number of benzene rings is 1. The topological polar surface area (TPSA) is 100 Å². The second-order valence-electron chi connectivity index (χ2n) is 5.62. The van der Waals surface area contributed by atoms with Crippen LogP contribution in [0.1, 0.15) is 12.8 Å². The molecule has 4 N–H and O–H groups in total. The average molecular weight is 313 g/mol. The number of rotatable bonds is 2. The molecule has 0 radical (unpaired) electrons. The zero-order valence-corrected chi connectivity index (χ0v) is 12.7. The second kappa shape index (κ2) is 6.51. The second-order valence-corrected chi connectivity index (χ2v) is 5.62. The Morgan fingerprint density at radius 3 is 3.00 bits per heavy atom. The molecule has 4 amide bonds. The van der Waals surface area contributed by atoms with E-state index in [0.29, 0.717) is 13.1 Å². The van der Waals surface area contributed by atoms with Crippen LogP contribution in [0.15, 0.2) is 36.7 Å². The van der Waals surface area contributed by atoms with E-state index < -0.39 is 6.03 Å².